The third kappa shape index (κ3) is 2.05. The molecule has 16 heavy (non-hydrogen) atoms. The third-order valence-corrected chi connectivity index (χ3v) is 3.38. The van der Waals surface area contributed by atoms with E-state index < -0.39 is 0 Å². The summed E-state index contributed by atoms with van der Waals surface area (Å²) in [5.74, 6) is 0.0651. The Morgan fingerprint density at radius 1 is 1.50 bits per heavy atom. The molecule has 0 spiro atoms. The van der Waals surface area contributed by atoms with Crippen molar-refractivity contribution in [3.8, 4) is 0 Å². The van der Waals surface area contributed by atoms with Crippen molar-refractivity contribution >= 4 is 27.5 Å². The number of nitrogens with zero attached hydrogens (tertiary/aromatic N) is 1. The Bertz CT molecular complexity index is 440. The molecule has 0 radical (unpaired) electrons. The minimum atomic E-state index is 0.0651. The van der Waals surface area contributed by atoms with Gasteiger partial charge in [-0.25, -0.2) is 0 Å². The molecule has 1 amide bonds. The second-order valence-corrected chi connectivity index (χ2v) is 4.70. The second kappa shape index (κ2) is 4.83. The predicted octanol–water partition coefficient (Wildman–Crippen LogP) is 3.30. The van der Waals surface area contributed by atoms with Gasteiger partial charge >= 0.3 is 0 Å². The molecule has 84 valence electrons. The molecule has 1 aromatic rings. The summed E-state index contributed by atoms with van der Waals surface area (Å²) < 4.78 is 1.00. The molecule has 0 saturated heterocycles. The summed E-state index contributed by atoms with van der Waals surface area (Å²) in [5.41, 5.74) is 2.29. The van der Waals surface area contributed by atoms with Crippen molar-refractivity contribution in [3.05, 3.63) is 40.4 Å². The number of carbonyl (C=O) groups excluding carboxylic acids is 1. The monoisotopic (exact) mass is 279 g/mol. The average Bonchev–Trinajstić information content (AvgIpc) is 2.29. The highest BCUT2D eigenvalue weighted by Gasteiger charge is 2.22. The van der Waals surface area contributed by atoms with Gasteiger partial charge in [-0.2, -0.15) is 0 Å². The largest absolute Gasteiger partial charge is 0.307 e. The van der Waals surface area contributed by atoms with Crippen LogP contribution >= 0.6 is 15.9 Å². The minimum Gasteiger partial charge on any atom is -0.307 e. The van der Waals surface area contributed by atoms with Crippen molar-refractivity contribution in [3.63, 3.8) is 0 Å². The molecule has 0 N–H and O–H groups in total. The molecule has 0 unspecified atom stereocenters. The van der Waals surface area contributed by atoms with E-state index in [0.29, 0.717) is 0 Å². The fourth-order valence-corrected chi connectivity index (χ4v) is 2.68. The average molecular weight is 280 g/mol. The number of para-hydroxylation sites is 1. The van der Waals surface area contributed by atoms with Gasteiger partial charge in [0.25, 0.3) is 5.91 Å². The summed E-state index contributed by atoms with van der Waals surface area (Å²) in [6.45, 7) is 2.67. The lowest BCUT2D eigenvalue weighted by Crippen LogP contribution is -2.34. The predicted molar refractivity (Wildman–Crippen MR) is 69.6 cm³/mol. The lowest BCUT2D eigenvalue weighted by atomic mass is 10.0. The van der Waals surface area contributed by atoms with Crippen molar-refractivity contribution in [1.82, 2.24) is 0 Å². The molecule has 0 saturated carbocycles. The van der Waals surface area contributed by atoms with Crippen LogP contribution in [0, 0.1) is 0 Å². The number of fused-ring (bicyclic) bond motifs is 1. The maximum Gasteiger partial charge on any atom is 0.250 e. The number of anilines is 1. The van der Waals surface area contributed by atoms with Gasteiger partial charge in [-0.05, 0) is 53.4 Å². The fourth-order valence-electron chi connectivity index (χ4n) is 2.06. The van der Waals surface area contributed by atoms with Crippen LogP contribution in [0.1, 0.15) is 18.9 Å². The molecule has 0 aromatic heterocycles. The number of halogens is 1. The summed E-state index contributed by atoms with van der Waals surface area (Å²) in [4.78, 5) is 13.8. The zero-order chi connectivity index (χ0) is 11.5. The Morgan fingerprint density at radius 2 is 2.31 bits per heavy atom. The Kier molecular flexibility index (Phi) is 3.44. The highest BCUT2D eigenvalue weighted by molar-refractivity contribution is 9.10. The van der Waals surface area contributed by atoms with E-state index in [2.05, 4.69) is 22.0 Å². The van der Waals surface area contributed by atoms with Crippen molar-refractivity contribution in [2.75, 3.05) is 11.4 Å². The summed E-state index contributed by atoms with van der Waals surface area (Å²) in [6, 6.07) is 6.10. The highest BCUT2D eigenvalue weighted by atomic mass is 79.9. The lowest BCUT2D eigenvalue weighted by molar-refractivity contribution is -0.114. The number of benzene rings is 1. The number of allylic oxidation sites excluding steroid dienone is 1. The first-order valence-corrected chi connectivity index (χ1v) is 6.25. The number of carbonyl (C=O) groups is 1. The Hall–Kier alpha value is -1.09. The molecule has 3 heteroatoms. The van der Waals surface area contributed by atoms with Gasteiger partial charge in [0, 0.05) is 11.0 Å². The minimum absolute atomic E-state index is 0.0651. The second-order valence-electron chi connectivity index (χ2n) is 3.84. The lowest BCUT2D eigenvalue weighted by Gasteiger charge is -2.29. The zero-order valence-electron chi connectivity index (χ0n) is 9.24. The normalized spacial score (nSPS) is 15.2. The molecule has 2 rings (SSSR count). The van der Waals surface area contributed by atoms with Crippen LogP contribution in [0.3, 0.4) is 0 Å². The summed E-state index contributed by atoms with van der Waals surface area (Å²) >= 11 is 3.52. The van der Waals surface area contributed by atoms with Crippen LogP contribution in [-0.4, -0.2) is 12.5 Å². The van der Waals surface area contributed by atoms with Crippen molar-refractivity contribution in [1.29, 1.82) is 0 Å². The van der Waals surface area contributed by atoms with Gasteiger partial charge < -0.3 is 4.90 Å². The summed E-state index contributed by atoms with van der Waals surface area (Å²) in [5, 5.41) is 0. The molecule has 0 bridgehead atoms. The third-order valence-electron chi connectivity index (χ3n) is 2.74. The van der Waals surface area contributed by atoms with E-state index >= 15 is 0 Å². The first-order valence-electron chi connectivity index (χ1n) is 5.45. The number of hydrogen-bond acceptors (Lipinski definition) is 1. The van der Waals surface area contributed by atoms with Gasteiger partial charge in [0.05, 0.1) is 5.69 Å². The van der Waals surface area contributed by atoms with Crippen molar-refractivity contribution in [2.45, 2.75) is 19.8 Å². The first-order chi connectivity index (χ1) is 7.74. The zero-order valence-corrected chi connectivity index (χ0v) is 10.8. The molecule has 1 heterocycles. The van der Waals surface area contributed by atoms with Crippen LogP contribution in [0.15, 0.2) is 34.8 Å². The Balaban J connectivity index is 2.43. The molecule has 0 aliphatic carbocycles. The van der Waals surface area contributed by atoms with Gasteiger partial charge in [-0.1, -0.05) is 18.2 Å². The van der Waals surface area contributed by atoms with E-state index in [1.165, 1.54) is 5.56 Å². The van der Waals surface area contributed by atoms with E-state index in [-0.39, 0.29) is 5.91 Å². The molecule has 1 aliphatic heterocycles. The quantitative estimate of drug-likeness (QED) is 0.723. The maximum absolute atomic E-state index is 11.9. The van der Waals surface area contributed by atoms with Crippen molar-refractivity contribution in [2.24, 2.45) is 0 Å². The van der Waals surface area contributed by atoms with Gasteiger partial charge in [0.15, 0.2) is 0 Å². The van der Waals surface area contributed by atoms with E-state index in [9.17, 15) is 4.79 Å². The standard InChI is InChI=1S/C13H14BrNO/c1-2-5-12(16)15-9-4-7-10-6-3-8-11(14)13(10)15/h2-3,5-6,8H,4,7,9H2,1H3/b5-2+. The number of aryl methyl sites for hydroxylation is 1. The Labute approximate surface area is 104 Å². The molecule has 1 aliphatic rings. The maximum atomic E-state index is 11.9. The van der Waals surface area contributed by atoms with Crippen LogP contribution in [-0.2, 0) is 11.2 Å². The molecular weight excluding hydrogens is 266 g/mol. The topological polar surface area (TPSA) is 20.3 Å². The number of rotatable bonds is 1. The summed E-state index contributed by atoms with van der Waals surface area (Å²) in [7, 11) is 0. The summed E-state index contributed by atoms with van der Waals surface area (Å²) in [6.07, 6.45) is 5.49. The number of amides is 1. The van der Waals surface area contributed by atoms with Gasteiger partial charge in [0.1, 0.15) is 0 Å². The van der Waals surface area contributed by atoms with E-state index in [1.807, 2.05) is 24.0 Å². The van der Waals surface area contributed by atoms with Crippen LogP contribution in [0.5, 0.6) is 0 Å². The fraction of sp³-hybridized carbons (Fsp3) is 0.308. The van der Waals surface area contributed by atoms with Crippen LogP contribution in [0.2, 0.25) is 0 Å². The SMILES string of the molecule is C/C=C/C(=O)N1CCCc2cccc(Br)c21. The molecular formula is C13H14BrNO. The van der Waals surface area contributed by atoms with E-state index in [4.69, 9.17) is 0 Å². The molecule has 1 aromatic carbocycles. The van der Waals surface area contributed by atoms with E-state index in [0.717, 1.165) is 29.5 Å². The van der Waals surface area contributed by atoms with Crippen LogP contribution in [0.25, 0.3) is 0 Å². The first kappa shape index (κ1) is 11.4. The van der Waals surface area contributed by atoms with Crippen LogP contribution in [0.4, 0.5) is 5.69 Å². The smallest absolute Gasteiger partial charge is 0.250 e. The molecule has 0 fully saturated rings. The van der Waals surface area contributed by atoms with Crippen molar-refractivity contribution < 1.29 is 4.79 Å². The Morgan fingerprint density at radius 3 is 3.06 bits per heavy atom. The van der Waals surface area contributed by atoms with Gasteiger partial charge in [-0.3, -0.25) is 4.79 Å². The van der Waals surface area contributed by atoms with Gasteiger partial charge in [-0.15, -0.1) is 0 Å². The van der Waals surface area contributed by atoms with E-state index in [1.54, 1.807) is 12.2 Å². The molecule has 2 nitrogen and oxygen atoms in total. The highest BCUT2D eigenvalue weighted by Crippen LogP contribution is 2.34. The molecule has 0 atom stereocenters. The number of hydrogen-bond donors (Lipinski definition) is 0. The van der Waals surface area contributed by atoms with Crippen LogP contribution < -0.4 is 4.90 Å². The van der Waals surface area contributed by atoms with Gasteiger partial charge in [0.2, 0.25) is 0 Å².